The molecule has 1 heterocycles. The smallest absolute Gasteiger partial charge is 0.337 e. The summed E-state index contributed by atoms with van der Waals surface area (Å²) >= 11 is 0. The molecular formula is C15H14N2O2. The molecule has 4 heteroatoms. The van der Waals surface area contributed by atoms with Gasteiger partial charge in [-0.2, -0.15) is 0 Å². The Balaban J connectivity index is 2.29. The second kappa shape index (κ2) is 5.82. The predicted molar refractivity (Wildman–Crippen MR) is 75.4 cm³/mol. The van der Waals surface area contributed by atoms with Gasteiger partial charge in [0, 0.05) is 18.1 Å². The quantitative estimate of drug-likeness (QED) is 0.675. The maximum atomic E-state index is 11.5. The Kier molecular flexibility index (Phi) is 3.93. The summed E-state index contributed by atoms with van der Waals surface area (Å²) in [7, 11) is 1.35. The van der Waals surface area contributed by atoms with E-state index in [4.69, 9.17) is 5.73 Å². The minimum atomic E-state index is -0.376. The molecule has 0 bridgehead atoms. The van der Waals surface area contributed by atoms with Gasteiger partial charge in [-0.1, -0.05) is 12.2 Å². The predicted octanol–water partition coefficient (Wildman–Crippen LogP) is 2.62. The van der Waals surface area contributed by atoms with Crippen LogP contribution in [0.3, 0.4) is 0 Å². The molecule has 1 aromatic carbocycles. The Morgan fingerprint density at radius 1 is 1.21 bits per heavy atom. The van der Waals surface area contributed by atoms with Gasteiger partial charge in [0.1, 0.15) is 0 Å². The van der Waals surface area contributed by atoms with Crippen LogP contribution in [-0.2, 0) is 4.74 Å². The zero-order chi connectivity index (χ0) is 13.7. The molecule has 4 nitrogen and oxygen atoms in total. The number of carbonyl (C=O) groups excluding carboxylic acids is 1. The van der Waals surface area contributed by atoms with Crippen molar-refractivity contribution in [2.24, 2.45) is 0 Å². The van der Waals surface area contributed by atoms with Crippen molar-refractivity contribution < 1.29 is 9.53 Å². The zero-order valence-corrected chi connectivity index (χ0v) is 10.5. The van der Waals surface area contributed by atoms with Gasteiger partial charge in [-0.05, 0) is 41.5 Å². The molecule has 0 atom stereocenters. The number of aromatic nitrogens is 1. The molecule has 2 aromatic rings. The molecule has 0 saturated heterocycles. The van der Waals surface area contributed by atoms with Crippen LogP contribution in [0.4, 0.5) is 5.69 Å². The number of rotatable bonds is 3. The average molecular weight is 254 g/mol. The molecule has 1 aromatic heterocycles. The lowest BCUT2D eigenvalue weighted by atomic mass is 10.1. The van der Waals surface area contributed by atoms with Crippen LogP contribution in [0.15, 0.2) is 42.7 Å². The molecule has 2 rings (SSSR count). The van der Waals surface area contributed by atoms with Gasteiger partial charge in [0.25, 0.3) is 0 Å². The van der Waals surface area contributed by atoms with E-state index in [0.717, 1.165) is 11.1 Å². The van der Waals surface area contributed by atoms with Crippen LogP contribution in [0, 0.1) is 0 Å². The van der Waals surface area contributed by atoms with E-state index in [0.29, 0.717) is 11.3 Å². The lowest BCUT2D eigenvalue weighted by Gasteiger charge is -2.04. The van der Waals surface area contributed by atoms with Crippen molar-refractivity contribution in [2.75, 3.05) is 12.8 Å². The van der Waals surface area contributed by atoms with Gasteiger partial charge in [0.2, 0.25) is 0 Å². The highest BCUT2D eigenvalue weighted by molar-refractivity contribution is 5.91. The van der Waals surface area contributed by atoms with E-state index in [1.54, 1.807) is 30.6 Å². The zero-order valence-electron chi connectivity index (χ0n) is 10.5. The summed E-state index contributed by atoms with van der Waals surface area (Å²) in [4.78, 5) is 15.4. The number of anilines is 1. The Labute approximate surface area is 111 Å². The highest BCUT2D eigenvalue weighted by atomic mass is 16.5. The lowest BCUT2D eigenvalue weighted by Crippen LogP contribution is -2.02. The molecule has 0 radical (unpaired) electrons. The summed E-state index contributed by atoms with van der Waals surface area (Å²) in [5.41, 5.74) is 8.76. The first kappa shape index (κ1) is 12.8. The molecule has 0 aliphatic carbocycles. The third-order valence-electron chi connectivity index (χ3n) is 2.67. The van der Waals surface area contributed by atoms with E-state index < -0.39 is 0 Å². The van der Waals surface area contributed by atoms with Crippen molar-refractivity contribution >= 4 is 23.8 Å². The number of hydrogen-bond donors (Lipinski definition) is 1. The summed E-state index contributed by atoms with van der Waals surface area (Å²) in [5, 5.41) is 0. The Morgan fingerprint density at radius 2 is 1.95 bits per heavy atom. The number of nitrogen functional groups attached to an aromatic ring is 1. The Morgan fingerprint density at radius 3 is 2.63 bits per heavy atom. The third kappa shape index (κ3) is 3.19. The van der Waals surface area contributed by atoms with Crippen LogP contribution in [-0.4, -0.2) is 18.1 Å². The largest absolute Gasteiger partial charge is 0.465 e. The van der Waals surface area contributed by atoms with Crippen LogP contribution < -0.4 is 5.73 Å². The summed E-state index contributed by atoms with van der Waals surface area (Å²) in [6.45, 7) is 0. The maximum absolute atomic E-state index is 11.5. The van der Waals surface area contributed by atoms with Crippen molar-refractivity contribution in [3.63, 3.8) is 0 Å². The van der Waals surface area contributed by atoms with Gasteiger partial charge in [-0.15, -0.1) is 0 Å². The molecule has 0 amide bonds. The number of ether oxygens (including phenoxy) is 1. The van der Waals surface area contributed by atoms with Crippen LogP contribution in [0.1, 0.15) is 21.5 Å². The SMILES string of the molecule is COC(=O)c1ccc(N)c(C=Cc2ccncc2)c1. The topological polar surface area (TPSA) is 65.2 Å². The number of benzene rings is 1. The third-order valence-corrected chi connectivity index (χ3v) is 2.67. The second-order valence-electron chi connectivity index (χ2n) is 3.95. The summed E-state index contributed by atoms with van der Waals surface area (Å²) < 4.78 is 4.68. The highest BCUT2D eigenvalue weighted by Gasteiger charge is 2.06. The Bertz CT molecular complexity index is 607. The number of nitrogens with two attached hydrogens (primary N) is 1. The van der Waals surface area contributed by atoms with E-state index in [-0.39, 0.29) is 5.97 Å². The van der Waals surface area contributed by atoms with E-state index >= 15 is 0 Å². The van der Waals surface area contributed by atoms with Crippen molar-refractivity contribution in [1.82, 2.24) is 4.98 Å². The number of methoxy groups -OCH3 is 1. The summed E-state index contributed by atoms with van der Waals surface area (Å²) in [6.07, 6.45) is 7.20. The molecule has 0 aliphatic rings. The number of carbonyl (C=O) groups is 1. The van der Waals surface area contributed by atoms with Crippen LogP contribution >= 0.6 is 0 Å². The number of esters is 1. The van der Waals surface area contributed by atoms with Crippen LogP contribution in [0.5, 0.6) is 0 Å². The van der Waals surface area contributed by atoms with E-state index in [9.17, 15) is 4.79 Å². The van der Waals surface area contributed by atoms with Gasteiger partial charge in [-0.25, -0.2) is 4.79 Å². The normalized spacial score (nSPS) is 10.6. The first-order valence-corrected chi connectivity index (χ1v) is 5.76. The minimum Gasteiger partial charge on any atom is -0.465 e. The minimum absolute atomic E-state index is 0.376. The lowest BCUT2D eigenvalue weighted by molar-refractivity contribution is 0.0601. The second-order valence-corrected chi connectivity index (χ2v) is 3.95. The van der Waals surface area contributed by atoms with E-state index in [2.05, 4.69) is 9.72 Å². The maximum Gasteiger partial charge on any atom is 0.337 e. The number of pyridine rings is 1. The molecule has 0 fully saturated rings. The molecule has 2 N–H and O–H groups in total. The van der Waals surface area contributed by atoms with Gasteiger partial charge in [0.05, 0.1) is 12.7 Å². The molecule has 0 unspecified atom stereocenters. The van der Waals surface area contributed by atoms with Crippen LogP contribution in [0.25, 0.3) is 12.2 Å². The molecule has 0 aliphatic heterocycles. The summed E-state index contributed by atoms with van der Waals surface area (Å²) in [5.74, 6) is -0.376. The molecule has 0 saturated carbocycles. The fraction of sp³-hybridized carbons (Fsp3) is 0.0667. The standard InChI is InChI=1S/C15H14N2O2/c1-19-15(18)13-4-5-14(16)12(10-13)3-2-11-6-8-17-9-7-11/h2-10H,16H2,1H3. The fourth-order valence-corrected chi connectivity index (χ4v) is 1.62. The fourth-order valence-electron chi connectivity index (χ4n) is 1.62. The Hall–Kier alpha value is -2.62. The first-order valence-electron chi connectivity index (χ1n) is 5.76. The number of hydrogen-bond acceptors (Lipinski definition) is 4. The average Bonchev–Trinajstić information content (AvgIpc) is 2.46. The van der Waals surface area contributed by atoms with E-state index in [1.165, 1.54) is 7.11 Å². The van der Waals surface area contributed by atoms with Gasteiger partial charge >= 0.3 is 5.97 Å². The molecule has 96 valence electrons. The van der Waals surface area contributed by atoms with Crippen molar-refractivity contribution in [3.05, 3.63) is 59.4 Å². The number of nitrogens with zero attached hydrogens (tertiary/aromatic N) is 1. The van der Waals surface area contributed by atoms with E-state index in [1.807, 2.05) is 24.3 Å². The van der Waals surface area contributed by atoms with Gasteiger partial charge in [-0.3, -0.25) is 4.98 Å². The van der Waals surface area contributed by atoms with Crippen LogP contribution in [0.2, 0.25) is 0 Å². The molecule has 19 heavy (non-hydrogen) atoms. The monoisotopic (exact) mass is 254 g/mol. The van der Waals surface area contributed by atoms with Crippen molar-refractivity contribution in [2.45, 2.75) is 0 Å². The van der Waals surface area contributed by atoms with Crippen molar-refractivity contribution in [1.29, 1.82) is 0 Å². The molecular weight excluding hydrogens is 240 g/mol. The summed E-state index contributed by atoms with van der Waals surface area (Å²) in [6, 6.07) is 8.82. The van der Waals surface area contributed by atoms with Crippen molar-refractivity contribution in [3.8, 4) is 0 Å². The first-order chi connectivity index (χ1) is 9.20. The highest BCUT2D eigenvalue weighted by Crippen LogP contribution is 2.18. The van der Waals surface area contributed by atoms with Gasteiger partial charge < -0.3 is 10.5 Å². The molecule has 0 spiro atoms. The van der Waals surface area contributed by atoms with Gasteiger partial charge in [0.15, 0.2) is 0 Å².